The molecule has 8 heteroatoms. The minimum Gasteiger partial charge on any atom is -0.493 e. The van der Waals surface area contributed by atoms with Crippen LogP contribution in [0.5, 0.6) is 11.5 Å². The lowest BCUT2D eigenvalue weighted by Crippen LogP contribution is -2.30. The van der Waals surface area contributed by atoms with Gasteiger partial charge in [0.25, 0.3) is 5.91 Å². The number of hydrogen-bond acceptors (Lipinski definition) is 4. The number of carbonyl (C=O) groups excluding carboxylic acids is 1. The van der Waals surface area contributed by atoms with Crippen LogP contribution in [-0.4, -0.2) is 19.1 Å². The Hall–Kier alpha value is -2.49. The third-order valence-electron chi connectivity index (χ3n) is 3.21. The topological polar surface area (TPSA) is 71.3 Å². The number of hydrogen-bond donors (Lipinski definition) is 1. The van der Waals surface area contributed by atoms with Crippen molar-refractivity contribution in [2.24, 2.45) is 0 Å². The zero-order valence-corrected chi connectivity index (χ0v) is 14.8. The molecule has 25 heavy (non-hydrogen) atoms. The van der Waals surface area contributed by atoms with Crippen molar-refractivity contribution in [3.05, 3.63) is 51.8 Å². The van der Waals surface area contributed by atoms with E-state index in [1.54, 1.807) is 0 Å². The van der Waals surface area contributed by atoms with Gasteiger partial charge in [-0.25, -0.2) is 4.39 Å². The van der Waals surface area contributed by atoms with Crippen molar-refractivity contribution in [1.29, 1.82) is 5.26 Å². The number of nitriles is 1. The number of rotatable bonds is 5. The molecule has 0 saturated heterocycles. The van der Waals surface area contributed by atoms with Crippen LogP contribution in [0.25, 0.3) is 0 Å². The second kappa shape index (κ2) is 8.06. The molecule has 0 spiro atoms. The molecule has 2 aromatic rings. The molecular weight excluding hydrogens is 370 g/mol. The summed E-state index contributed by atoms with van der Waals surface area (Å²) < 4.78 is 23.8. The molecule has 1 atom stereocenters. The Kier molecular flexibility index (Phi) is 6.07. The van der Waals surface area contributed by atoms with Crippen LogP contribution >= 0.6 is 23.2 Å². The molecule has 130 valence electrons. The number of carbonyl (C=O) groups is 1. The Labute approximate surface area is 153 Å². The maximum absolute atomic E-state index is 13.0. The van der Waals surface area contributed by atoms with Gasteiger partial charge in [-0.05, 0) is 31.2 Å². The Morgan fingerprint density at radius 1 is 1.28 bits per heavy atom. The summed E-state index contributed by atoms with van der Waals surface area (Å²) >= 11 is 12.0. The number of benzene rings is 2. The Morgan fingerprint density at radius 3 is 2.60 bits per heavy atom. The third-order valence-corrected chi connectivity index (χ3v) is 3.80. The molecule has 1 N–H and O–H groups in total. The number of anilines is 1. The first-order valence-corrected chi connectivity index (χ1v) is 7.81. The molecule has 2 aromatic carbocycles. The number of methoxy groups -OCH3 is 1. The fourth-order valence-corrected chi connectivity index (χ4v) is 2.42. The van der Waals surface area contributed by atoms with E-state index in [4.69, 9.17) is 37.9 Å². The first-order valence-electron chi connectivity index (χ1n) is 7.06. The molecule has 0 heterocycles. The molecule has 0 aliphatic rings. The van der Waals surface area contributed by atoms with Crippen LogP contribution in [0.15, 0.2) is 30.3 Å². The van der Waals surface area contributed by atoms with E-state index in [1.807, 2.05) is 6.07 Å². The van der Waals surface area contributed by atoms with E-state index in [-0.39, 0.29) is 27.2 Å². The smallest absolute Gasteiger partial charge is 0.265 e. The van der Waals surface area contributed by atoms with Crippen molar-refractivity contribution in [2.45, 2.75) is 13.0 Å². The highest BCUT2D eigenvalue weighted by Crippen LogP contribution is 2.37. The summed E-state index contributed by atoms with van der Waals surface area (Å²) in [6, 6.07) is 8.40. The van der Waals surface area contributed by atoms with E-state index in [0.29, 0.717) is 5.56 Å². The Morgan fingerprint density at radius 2 is 2.00 bits per heavy atom. The molecular formula is C17H13Cl2FN2O3. The van der Waals surface area contributed by atoms with Crippen molar-refractivity contribution in [1.82, 2.24) is 0 Å². The van der Waals surface area contributed by atoms with Crippen molar-refractivity contribution >= 4 is 34.8 Å². The van der Waals surface area contributed by atoms with E-state index in [0.717, 1.165) is 6.07 Å². The van der Waals surface area contributed by atoms with Crippen LogP contribution in [0.3, 0.4) is 0 Å². The van der Waals surface area contributed by atoms with Gasteiger partial charge in [-0.3, -0.25) is 4.79 Å². The van der Waals surface area contributed by atoms with Crippen LogP contribution in [0.2, 0.25) is 10.0 Å². The standard InChI is InChI=1S/C17H13Cl2FN2O3/c1-9(17(23)22-14-4-3-11(20)7-12(14)18)25-16-13(19)5-10(8-21)6-15(16)24-2/h3-7,9H,1-2H3,(H,22,23)/t9-/m0/s1. The van der Waals surface area contributed by atoms with Crippen molar-refractivity contribution in [3.63, 3.8) is 0 Å². The van der Waals surface area contributed by atoms with Gasteiger partial charge >= 0.3 is 0 Å². The first-order chi connectivity index (χ1) is 11.8. The van der Waals surface area contributed by atoms with Crippen molar-refractivity contribution in [3.8, 4) is 17.6 Å². The van der Waals surface area contributed by atoms with Gasteiger partial charge in [-0.1, -0.05) is 23.2 Å². The van der Waals surface area contributed by atoms with Gasteiger partial charge in [0.1, 0.15) is 5.82 Å². The van der Waals surface area contributed by atoms with E-state index in [9.17, 15) is 9.18 Å². The minimum absolute atomic E-state index is 0.0644. The van der Waals surface area contributed by atoms with Crippen LogP contribution < -0.4 is 14.8 Å². The van der Waals surface area contributed by atoms with Gasteiger partial charge in [0.15, 0.2) is 17.6 Å². The summed E-state index contributed by atoms with van der Waals surface area (Å²) in [6.45, 7) is 1.50. The summed E-state index contributed by atoms with van der Waals surface area (Å²) in [6.07, 6.45) is -0.958. The summed E-state index contributed by atoms with van der Waals surface area (Å²) in [5.74, 6) is -0.670. The summed E-state index contributed by atoms with van der Waals surface area (Å²) in [5, 5.41) is 11.7. The number of amides is 1. The molecule has 0 radical (unpaired) electrons. The molecule has 5 nitrogen and oxygen atoms in total. The van der Waals surface area contributed by atoms with Gasteiger partial charge in [0.2, 0.25) is 0 Å². The van der Waals surface area contributed by atoms with E-state index in [2.05, 4.69) is 5.32 Å². The lowest BCUT2D eigenvalue weighted by Gasteiger charge is -2.18. The number of nitrogens with one attached hydrogen (secondary N) is 1. The molecule has 0 fully saturated rings. The normalized spacial score (nSPS) is 11.4. The third kappa shape index (κ3) is 4.53. The van der Waals surface area contributed by atoms with E-state index < -0.39 is 17.8 Å². The number of halogens is 3. The quantitative estimate of drug-likeness (QED) is 0.830. The van der Waals surface area contributed by atoms with E-state index >= 15 is 0 Å². The van der Waals surface area contributed by atoms with Crippen LogP contribution in [0.1, 0.15) is 12.5 Å². The summed E-state index contributed by atoms with van der Waals surface area (Å²) in [4.78, 5) is 12.3. The summed E-state index contributed by atoms with van der Waals surface area (Å²) in [5.41, 5.74) is 0.547. The minimum atomic E-state index is -0.958. The van der Waals surface area contributed by atoms with Crippen LogP contribution in [-0.2, 0) is 4.79 Å². The fraction of sp³-hybridized carbons (Fsp3) is 0.176. The SMILES string of the molecule is COc1cc(C#N)cc(Cl)c1O[C@@H](C)C(=O)Nc1ccc(F)cc1Cl. The second-order valence-electron chi connectivity index (χ2n) is 4.97. The molecule has 0 aliphatic carbocycles. The maximum atomic E-state index is 13.0. The largest absolute Gasteiger partial charge is 0.493 e. The zero-order valence-electron chi connectivity index (χ0n) is 13.3. The Balaban J connectivity index is 2.17. The van der Waals surface area contributed by atoms with Gasteiger partial charge in [-0.15, -0.1) is 0 Å². The Bertz CT molecular complexity index is 853. The van der Waals surface area contributed by atoms with Gasteiger partial charge in [0.05, 0.1) is 34.5 Å². The molecule has 0 saturated carbocycles. The highest BCUT2D eigenvalue weighted by molar-refractivity contribution is 6.33. The molecule has 0 aliphatic heterocycles. The highest BCUT2D eigenvalue weighted by atomic mass is 35.5. The fourth-order valence-electron chi connectivity index (χ4n) is 1.95. The zero-order chi connectivity index (χ0) is 18.6. The monoisotopic (exact) mass is 382 g/mol. The average molecular weight is 383 g/mol. The lowest BCUT2D eigenvalue weighted by molar-refractivity contribution is -0.122. The van der Waals surface area contributed by atoms with Crippen LogP contribution in [0.4, 0.5) is 10.1 Å². The molecule has 0 unspecified atom stereocenters. The first kappa shape index (κ1) is 18.8. The maximum Gasteiger partial charge on any atom is 0.265 e. The second-order valence-corrected chi connectivity index (χ2v) is 5.79. The van der Waals surface area contributed by atoms with Gasteiger partial charge < -0.3 is 14.8 Å². The van der Waals surface area contributed by atoms with Crippen LogP contribution in [0, 0.1) is 17.1 Å². The van der Waals surface area contributed by atoms with Crippen molar-refractivity contribution in [2.75, 3.05) is 12.4 Å². The predicted molar refractivity (Wildman–Crippen MR) is 92.8 cm³/mol. The predicted octanol–water partition coefficient (Wildman–Crippen LogP) is 4.42. The number of nitrogens with zero attached hydrogens (tertiary/aromatic N) is 1. The molecule has 0 bridgehead atoms. The average Bonchev–Trinajstić information content (AvgIpc) is 2.58. The van der Waals surface area contributed by atoms with Crippen molar-refractivity contribution < 1.29 is 18.7 Å². The number of ether oxygens (including phenoxy) is 2. The van der Waals surface area contributed by atoms with Gasteiger partial charge in [-0.2, -0.15) is 5.26 Å². The summed E-state index contributed by atoms with van der Waals surface area (Å²) in [7, 11) is 1.39. The molecule has 1 amide bonds. The van der Waals surface area contributed by atoms with Gasteiger partial charge in [0, 0.05) is 6.07 Å². The molecule has 2 rings (SSSR count). The lowest BCUT2D eigenvalue weighted by atomic mass is 10.2. The van der Waals surface area contributed by atoms with E-state index in [1.165, 1.54) is 38.3 Å². The highest BCUT2D eigenvalue weighted by Gasteiger charge is 2.21. The molecule has 0 aromatic heterocycles.